The molecular weight excluding hydrogens is 256 g/mol. The molecule has 0 aromatic carbocycles. The molecule has 2 atom stereocenters. The number of aromatic nitrogens is 2. The van der Waals surface area contributed by atoms with Crippen LogP contribution in [-0.2, 0) is 7.05 Å². The van der Waals surface area contributed by atoms with Crippen molar-refractivity contribution >= 4 is 27.8 Å². The number of hydrogen-bond donors (Lipinski definition) is 2. The number of aryl methyl sites for hydroxylation is 2. The van der Waals surface area contributed by atoms with E-state index in [2.05, 4.69) is 34.9 Å². The van der Waals surface area contributed by atoms with Crippen molar-refractivity contribution in [2.75, 3.05) is 7.05 Å². The van der Waals surface area contributed by atoms with Crippen molar-refractivity contribution in [3.05, 3.63) is 23.0 Å². The maximum Gasteiger partial charge on any atom is 0.242 e. The van der Waals surface area contributed by atoms with Crippen LogP contribution in [0.5, 0.6) is 0 Å². The van der Waals surface area contributed by atoms with Crippen molar-refractivity contribution in [3.8, 4) is 0 Å². The average Bonchev–Trinajstić information content (AvgIpc) is 2.72. The van der Waals surface area contributed by atoms with E-state index in [0.717, 1.165) is 12.1 Å². The van der Waals surface area contributed by atoms with E-state index in [4.69, 9.17) is 5.41 Å². The van der Waals surface area contributed by atoms with Gasteiger partial charge in [-0.3, -0.25) is 4.98 Å². The Balaban J connectivity index is 2.44. The van der Waals surface area contributed by atoms with Gasteiger partial charge in [0.25, 0.3) is 0 Å². The van der Waals surface area contributed by atoms with E-state index in [1.54, 1.807) is 0 Å². The highest BCUT2D eigenvalue weighted by Crippen LogP contribution is 2.28. The summed E-state index contributed by atoms with van der Waals surface area (Å²) in [6, 6.07) is 2.44. The number of nitrogens with one attached hydrogen (secondary N) is 2. The van der Waals surface area contributed by atoms with E-state index in [0.29, 0.717) is 12.0 Å². The second kappa shape index (κ2) is 5.75. The Morgan fingerprint density at radius 3 is 2.95 bits per heavy atom. The van der Waals surface area contributed by atoms with Gasteiger partial charge in [0.05, 0.1) is 5.92 Å². The quantitative estimate of drug-likeness (QED) is 0.650. The first-order chi connectivity index (χ1) is 9.08. The molecule has 0 fully saturated rings. The fraction of sp³-hybridized carbons (Fsp3) is 0.500. The lowest BCUT2D eigenvalue weighted by Gasteiger charge is -2.18. The van der Waals surface area contributed by atoms with Gasteiger partial charge in [0, 0.05) is 11.7 Å². The summed E-state index contributed by atoms with van der Waals surface area (Å²) in [4.78, 5) is 4.38. The molecule has 0 amide bonds. The Morgan fingerprint density at radius 1 is 1.58 bits per heavy atom. The van der Waals surface area contributed by atoms with Crippen molar-refractivity contribution in [1.82, 2.24) is 10.3 Å². The lowest BCUT2D eigenvalue weighted by Crippen LogP contribution is -2.39. The summed E-state index contributed by atoms with van der Waals surface area (Å²) in [7, 11) is 4.06. The van der Waals surface area contributed by atoms with E-state index >= 15 is 0 Å². The fourth-order valence-electron chi connectivity index (χ4n) is 2.43. The molecule has 2 aromatic rings. The smallest absolute Gasteiger partial charge is 0.242 e. The molecule has 0 bridgehead atoms. The minimum atomic E-state index is 0.297. The molecule has 5 heteroatoms. The molecule has 102 valence electrons. The van der Waals surface area contributed by atoms with Crippen molar-refractivity contribution < 1.29 is 4.57 Å². The average molecular weight is 277 g/mol. The number of likely N-dealkylation sites (N-methyl/N-ethyl adjacent to an activating group) is 1. The Bertz CT molecular complexity index is 590. The summed E-state index contributed by atoms with van der Waals surface area (Å²) in [5, 5.41) is 11.9. The van der Waals surface area contributed by atoms with Crippen LogP contribution in [0.25, 0.3) is 10.2 Å². The Labute approximate surface area is 118 Å². The summed E-state index contributed by atoms with van der Waals surface area (Å²) in [5.74, 6) is 0.370. The van der Waals surface area contributed by atoms with Gasteiger partial charge in [0.2, 0.25) is 10.5 Å². The number of nitrogens with zero attached hydrogens (tertiary/aromatic N) is 2. The van der Waals surface area contributed by atoms with Gasteiger partial charge in [-0.2, -0.15) is 4.57 Å². The van der Waals surface area contributed by atoms with E-state index in [1.165, 1.54) is 21.4 Å². The van der Waals surface area contributed by atoms with Crippen LogP contribution in [-0.4, -0.2) is 24.3 Å². The molecule has 2 aromatic heterocycles. The highest BCUT2D eigenvalue weighted by molar-refractivity contribution is 7.18. The van der Waals surface area contributed by atoms with Gasteiger partial charge in [-0.1, -0.05) is 18.3 Å². The molecule has 2 unspecified atom stereocenters. The van der Waals surface area contributed by atoms with E-state index in [1.807, 2.05) is 31.5 Å². The predicted octanol–water partition coefficient (Wildman–Crippen LogP) is 2.16. The monoisotopic (exact) mass is 277 g/mol. The van der Waals surface area contributed by atoms with Crippen LogP contribution in [0.1, 0.15) is 30.0 Å². The van der Waals surface area contributed by atoms with Gasteiger partial charge in [0.15, 0.2) is 0 Å². The third-order valence-corrected chi connectivity index (χ3v) is 5.03. The minimum Gasteiger partial charge on any atom is -0.316 e. The summed E-state index contributed by atoms with van der Waals surface area (Å²) < 4.78 is 3.51. The van der Waals surface area contributed by atoms with E-state index in [-0.39, 0.29) is 0 Å². The highest BCUT2D eigenvalue weighted by atomic mass is 32.1. The topological polar surface area (TPSA) is 52.7 Å². The highest BCUT2D eigenvalue weighted by Gasteiger charge is 2.28. The number of fused-ring (bicyclic) bond motifs is 1. The number of thiazole rings is 1. The molecule has 2 heterocycles. The van der Waals surface area contributed by atoms with Crippen molar-refractivity contribution in [2.24, 2.45) is 7.05 Å². The molecule has 0 saturated heterocycles. The van der Waals surface area contributed by atoms with Gasteiger partial charge in [-0.25, -0.2) is 0 Å². The summed E-state index contributed by atoms with van der Waals surface area (Å²) in [6.07, 6.45) is 4.18. The first kappa shape index (κ1) is 14.1. The van der Waals surface area contributed by atoms with Crippen molar-refractivity contribution in [3.63, 3.8) is 0 Å². The fourth-order valence-corrected chi connectivity index (χ4v) is 3.76. The third-order valence-electron chi connectivity index (χ3n) is 3.63. The molecule has 2 rings (SSSR count). The summed E-state index contributed by atoms with van der Waals surface area (Å²) in [6.45, 7) is 4.24. The Morgan fingerprint density at radius 2 is 2.32 bits per heavy atom. The largest absolute Gasteiger partial charge is 0.316 e. The normalized spacial score (nSPS) is 14.5. The summed E-state index contributed by atoms with van der Waals surface area (Å²) >= 11 is 1.82. The van der Waals surface area contributed by atoms with Gasteiger partial charge in [-0.05, 0) is 32.7 Å². The van der Waals surface area contributed by atoms with Crippen LogP contribution in [0, 0.1) is 12.3 Å². The van der Waals surface area contributed by atoms with E-state index in [9.17, 15) is 0 Å². The number of rotatable bonds is 5. The van der Waals surface area contributed by atoms with Crippen LogP contribution < -0.4 is 9.88 Å². The van der Waals surface area contributed by atoms with Gasteiger partial charge in [0.1, 0.15) is 17.9 Å². The second-order valence-electron chi connectivity index (χ2n) is 4.92. The van der Waals surface area contributed by atoms with Gasteiger partial charge < -0.3 is 10.7 Å². The van der Waals surface area contributed by atoms with E-state index < -0.39 is 0 Å². The Kier molecular flexibility index (Phi) is 4.27. The SMILES string of the molecule is CNC(CC=N)C(C)c1sc2cc(C)ncc2[n+]1C. The molecule has 0 aliphatic carbocycles. The zero-order chi connectivity index (χ0) is 14.0. The summed E-state index contributed by atoms with van der Waals surface area (Å²) in [5.41, 5.74) is 2.24. The molecule has 2 N–H and O–H groups in total. The first-order valence-corrected chi connectivity index (χ1v) is 7.31. The van der Waals surface area contributed by atoms with Crippen LogP contribution in [0.15, 0.2) is 12.3 Å². The zero-order valence-electron chi connectivity index (χ0n) is 11.9. The molecule has 0 aliphatic heterocycles. The molecule has 0 radical (unpaired) electrons. The minimum absolute atomic E-state index is 0.297. The van der Waals surface area contributed by atoms with Crippen molar-refractivity contribution in [2.45, 2.75) is 32.2 Å². The van der Waals surface area contributed by atoms with Gasteiger partial charge in [-0.15, -0.1) is 0 Å². The Hall–Kier alpha value is -1.33. The molecule has 19 heavy (non-hydrogen) atoms. The predicted molar refractivity (Wildman–Crippen MR) is 80.2 cm³/mol. The lowest BCUT2D eigenvalue weighted by molar-refractivity contribution is -0.649. The van der Waals surface area contributed by atoms with Crippen LogP contribution in [0.2, 0.25) is 0 Å². The standard InChI is InChI=1S/C14H21N4S/c1-9-7-13-12(8-17-9)18(4)14(19-13)10(2)11(16-3)5-6-15/h6-8,10-11,15-16H,5H2,1-4H3/q+1. The van der Waals surface area contributed by atoms with Gasteiger partial charge >= 0.3 is 0 Å². The lowest BCUT2D eigenvalue weighted by atomic mass is 10.00. The second-order valence-corrected chi connectivity index (χ2v) is 5.98. The third kappa shape index (κ3) is 2.67. The first-order valence-electron chi connectivity index (χ1n) is 6.49. The molecule has 0 spiro atoms. The van der Waals surface area contributed by atoms with Crippen molar-refractivity contribution in [1.29, 1.82) is 5.41 Å². The maximum atomic E-state index is 7.30. The molecule has 4 nitrogen and oxygen atoms in total. The number of pyridine rings is 1. The molecule has 0 saturated carbocycles. The van der Waals surface area contributed by atoms with Crippen LogP contribution in [0.3, 0.4) is 0 Å². The number of hydrogen-bond acceptors (Lipinski definition) is 4. The maximum absolute atomic E-state index is 7.30. The van der Waals surface area contributed by atoms with Crippen LogP contribution >= 0.6 is 11.3 Å². The molecular formula is C14H21N4S+. The molecule has 0 aliphatic rings. The zero-order valence-corrected chi connectivity index (χ0v) is 12.7. The van der Waals surface area contributed by atoms with Crippen LogP contribution in [0.4, 0.5) is 0 Å².